The molecule has 3 atom stereocenters. The largest absolute Gasteiger partial charge is 0.416 e. The van der Waals surface area contributed by atoms with Crippen molar-refractivity contribution in [3.63, 3.8) is 0 Å². The molecule has 1 aliphatic carbocycles. The van der Waals surface area contributed by atoms with Gasteiger partial charge in [-0.3, -0.25) is 9.89 Å². The number of alkyl halides is 3. The second-order valence-corrected chi connectivity index (χ2v) is 7.53. The highest BCUT2D eigenvalue weighted by Crippen LogP contribution is 2.54. The van der Waals surface area contributed by atoms with Gasteiger partial charge in [-0.05, 0) is 31.4 Å². The van der Waals surface area contributed by atoms with Gasteiger partial charge in [0, 0.05) is 24.7 Å². The number of fused-ring (bicyclic) bond motifs is 3. The lowest BCUT2D eigenvalue weighted by Crippen LogP contribution is -2.59. The van der Waals surface area contributed by atoms with E-state index in [1.165, 1.54) is 6.07 Å². The van der Waals surface area contributed by atoms with Gasteiger partial charge in [0.1, 0.15) is 0 Å². The van der Waals surface area contributed by atoms with Crippen molar-refractivity contribution in [3.05, 3.63) is 23.9 Å². The quantitative estimate of drug-likeness (QED) is 0.860. The van der Waals surface area contributed by atoms with Crippen LogP contribution in [0.4, 0.5) is 18.9 Å². The van der Waals surface area contributed by atoms with Crippen LogP contribution in [0.15, 0.2) is 18.3 Å². The van der Waals surface area contributed by atoms with E-state index in [1.54, 1.807) is 11.1 Å². The number of aromatic nitrogens is 2. The Morgan fingerprint density at radius 2 is 2.12 bits per heavy atom. The van der Waals surface area contributed by atoms with Crippen LogP contribution >= 0.6 is 0 Å². The van der Waals surface area contributed by atoms with Crippen LogP contribution in [0.1, 0.15) is 24.8 Å². The number of anilines is 1. The molecule has 1 N–H and O–H groups in total. The van der Waals surface area contributed by atoms with Crippen molar-refractivity contribution in [1.29, 1.82) is 0 Å². The van der Waals surface area contributed by atoms with E-state index in [0.717, 1.165) is 25.3 Å². The Morgan fingerprint density at radius 3 is 2.88 bits per heavy atom. The molecule has 25 heavy (non-hydrogen) atoms. The summed E-state index contributed by atoms with van der Waals surface area (Å²) in [6.45, 7) is 0.485. The third-order valence-electron chi connectivity index (χ3n) is 6.28. The van der Waals surface area contributed by atoms with Gasteiger partial charge in [-0.1, -0.05) is 0 Å². The summed E-state index contributed by atoms with van der Waals surface area (Å²) >= 11 is 0. The third kappa shape index (κ3) is 1.85. The van der Waals surface area contributed by atoms with Crippen LogP contribution in [0.2, 0.25) is 0 Å². The van der Waals surface area contributed by atoms with Crippen LogP contribution in [-0.4, -0.2) is 46.7 Å². The van der Waals surface area contributed by atoms with Gasteiger partial charge in [0.25, 0.3) is 0 Å². The van der Waals surface area contributed by atoms with Gasteiger partial charge in [-0.15, -0.1) is 0 Å². The summed E-state index contributed by atoms with van der Waals surface area (Å²) in [6.07, 6.45) is -0.389. The molecular weight excluding hydrogens is 333 g/mol. The first-order valence-electron chi connectivity index (χ1n) is 8.38. The lowest BCUT2D eigenvalue weighted by molar-refractivity contribution is -0.151. The van der Waals surface area contributed by atoms with Crippen molar-refractivity contribution >= 4 is 22.5 Å². The van der Waals surface area contributed by atoms with Gasteiger partial charge in [0.2, 0.25) is 5.91 Å². The number of carbonyl (C=O) groups excluding carboxylic acids is 1. The molecule has 0 radical (unpaired) electrons. The van der Waals surface area contributed by atoms with Gasteiger partial charge in [-0.2, -0.15) is 18.3 Å². The zero-order chi connectivity index (χ0) is 17.6. The average molecular weight is 350 g/mol. The Bertz CT molecular complexity index is 892. The number of rotatable bonds is 1. The maximum Gasteiger partial charge on any atom is 0.416 e. The monoisotopic (exact) mass is 350 g/mol. The molecule has 1 amide bonds. The fraction of sp³-hybridized carbons (Fsp3) is 0.529. The molecule has 1 spiro atoms. The van der Waals surface area contributed by atoms with Crippen LogP contribution in [0.3, 0.4) is 0 Å². The molecule has 4 heterocycles. The SMILES string of the molecule is CN1C(=O)C23CC[C@H]1C(C2)N(c1cc(C(F)(F)F)cc2[nH]ncc12)C3. The van der Waals surface area contributed by atoms with Crippen molar-refractivity contribution in [2.75, 3.05) is 18.5 Å². The number of piperidine rings is 2. The molecule has 4 aliphatic rings. The van der Waals surface area contributed by atoms with Crippen molar-refractivity contribution in [3.8, 4) is 0 Å². The van der Waals surface area contributed by atoms with Gasteiger partial charge in [0.15, 0.2) is 0 Å². The van der Waals surface area contributed by atoms with Crippen LogP contribution in [0.25, 0.3) is 10.9 Å². The minimum absolute atomic E-state index is 0.0633. The van der Waals surface area contributed by atoms with E-state index >= 15 is 0 Å². The minimum atomic E-state index is -4.42. The number of amides is 1. The van der Waals surface area contributed by atoms with Gasteiger partial charge >= 0.3 is 6.18 Å². The summed E-state index contributed by atoms with van der Waals surface area (Å²) in [6, 6.07) is 2.43. The average Bonchev–Trinajstić information content (AvgIpc) is 3.13. The molecular formula is C17H17F3N4O. The Hall–Kier alpha value is -2.25. The number of halogens is 3. The molecule has 3 aliphatic heterocycles. The maximum atomic E-state index is 13.3. The molecule has 1 saturated carbocycles. The summed E-state index contributed by atoms with van der Waals surface area (Å²) in [5.41, 5.74) is -0.236. The smallest absolute Gasteiger partial charge is 0.365 e. The number of hydrogen-bond acceptors (Lipinski definition) is 3. The number of hydrogen-bond donors (Lipinski definition) is 1. The van der Waals surface area contributed by atoms with Gasteiger partial charge in [0.05, 0.1) is 34.8 Å². The third-order valence-corrected chi connectivity index (χ3v) is 6.28. The lowest BCUT2D eigenvalue weighted by Gasteiger charge is -2.48. The van der Waals surface area contributed by atoms with Crippen molar-refractivity contribution < 1.29 is 18.0 Å². The number of benzene rings is 1. The molecule has 4 fully saturated rings. The van der Waals surface area contributed by atoms with E-state index in [1.807, 2.05) is 11.9 Å². The van der Waals surface area contributed by atoms with E-state index in [4.69, 9.17) is 0 Å². The van der Waals surface area contributed by atoms with E-state index in [2.05, 4.69) is 10.2 Å². The van der Waals surface area contributed by atoms with Crippen molar-refractivity contribution in [1.82, 2.24) is 15.1 Å². The van der Waals surface area contributed by atoms with E-state index in [0.29, 0.717) is 23.1 Å². The number of aromatic amines is 1. The number of nitrogens with one attached hydrogen (secondary N) is 1. The predicted molar refractivity (Wildman–Crippen MR) is 85.1 cm³/mol. The highest BCUT2D eigenvalue weighted by molar-refractivity contribution is 5.94. The Labute approximate surface area is 141 Å². The second-order valence-electron chi connectivity index (χ2n) is 7.53. The normalized spacial score (nSPS) is 31.4. The summed E-state index contributed by atoms with van der Waals surface area (Å²) in [5.74, 6) is 0.137. The number of H-pyrrole nitrogens is 1. The first-order valence-corrected chi connectivity index (χ1v) is 8.38. The minimum Gasteiger partial charge on any atom is -0.365 e. The van der Waals surface area contributed by atoms with Crippen LogP contribution in [0.5, 0.6) is 0 Å². The van der Waals surface area contributed by atoms with Crippen LogP contribution in [-0.2, 0) is 11.0 Å². The van der Waals surface area contributed by atoms with Gasteiger partial charge in [-0.25, -0.2) is 0 Å². The molecule has 6 rings (SSSR count). The Morgan fingerprint density at radius 1 is 1.32 bits per heavy atom. The number of nitrogens with zero attached hydrogens (tertiary/aromatic N) is 3. The van der Waals surface area contributed by atoms with Crippen molar-refractivity contribution in [2.45, 2.75) is 37.5 Å². The van der Waals surface area contributed by atoms with Crippen LogP contribution in [0, 0.1) is 5.41 Å². The molecule has 3 saturated heterocycles. The van der Waals surface area contributed by atoms with E-state index in [9.17, 15) is 18.0 Å². The molecule has 3 bridgehead atoms. The van der Waals surface area contributed by atoms with E-state index < -0.39 is 17.2 Å². The first-order chi connectivity index (χ1) is 11.8. The molecule has 132 valence electrons. The fourth-order valence-electron chi connectivity index (χ4n) is 5.10. The topological polar surface area (TPSA) is 52.2 Å². The highest BCUT2D eigenvalue weighted by atomic mass is 19.4. The van der Waals surface area contributed by atoms with Gasteiger partial charge < -0.3 is 9.80 Å². The zero-order valence-electron chi connectivity index (χ0n) is 13.6. The summed E-state index contributed by atoms with van der Waals surface area (Å²) in [5, 5.41) is 7.26. The number of likely N-dealkylation sites (N-methyl/N-ethyl adjacent to an activating group) is 1. The lowest BCUT2D eigenvalue weighted by atomic mass is 9.68. The fourth-order valence-corrected chi connectivity index (χ4v) is 5.10. The summed E-state index contributed by atoms with van der Waals surface area (Å²) in [4.78, 5) is 16.5. The first kappa shape index (κ1) is 15.0. The zero-order valence-corrected chi connectivity index (χ0v) is 13.6. The standard InChI is InChI=1S/C17H17F3N4O/c1-23-12-2-3-16(15(23)25)6-14(12)24(8-16)13-5-9(17(18,19)20)4-11-10(13)7-21-22-11/h4-5,7,12,14H,2-3,6,8H2,1H3,(H,21,22)/t12-,14?,16?/m0/s1. The Balaban J connectivity index is 1.68. The Kier molecular flexibility index (Phi) is 2.69. The predicted octanol–water partition coefficient (Wildman–Crippen LogP) is 2.78. The molecule has 2 unspecified atom stereocenters. The molecule has 5 nitrogen and oxygen atoms in total. The molecule has 8 heteroatoms. The summed E-state index contributed by atoms with van der Waals surface area (Å²) < 4.78 is 40.0. The second kappa shape index (κ2) is 4.47. The molecule has 1 aromatic heterocycles. The maximum absolute atomic E-state index is 13.3. The number of carbonyl (C=O) groups is 1. The van der Waals surface area contributed by atoms with Crippen molar-refractivity contribution in [2.24, 2.45) is 5.41 Å². The molecule has 1 aromatic carbocycles. The summed E-state index contributed by atoms with van der Waals surface area (Å²) in [7, 11) is 1.82. The highest BCUT2D eigenvalue weighted by Gasteiger charge is 2.61. The van der Waals surface area contributed by atoms with E-state index in [-0.39, 0.29) is 18.0 Å². The molecule has 2 aromatic rings. The van der Waals surface area contributed by atoms with Crippen LogP contribution < -0.4 is 4.90 Å².